The molecular weight excluding hydrogens is 427 g/mol. The molecule has 6 heteroatoms. The first-order chi connectivity index (χ1) is 16.4. The first-order valence-electron chi connectivity index (χ1n) is 11.7. The average molecular weight is 459 g/mol. The Bertz CT molecular complexity index is 1170. The predicted octanol–water partition coefficient (Wildman–Crippen LogP) is 5.60. The fraction of sp³-hybridized carbons (Fsp3) is 0.357. The number of ether oxygens (including phenoxy) is 1. The molecule has 1 unspecified atom stereocenters. The minimum absolute atomic E-state index is 0.167. The van der Waals surface area contributed by atoms with Crippen LogP contribution in [0.5, 0.6) is 5.75 Å². The van der Waals surface area contributed by atoms with Gasteiger partial charge in [0, 0.05) is 37.8 Å². The average Bonchev–Trinajstić information content (AvgIpc) is 2.85. The second kappa shape index (κ2) is 10.2. The van der Waals surface area contributed by atoms with E-state index >= 15 is 0 Å². The molecule has 1 saturated heterocycles. The number of benzene rings is 2. The van der Waals surface area contributed by atoms with E-state index in [2.05, 4.69) is 48.8 Å². The third kappa shape index (κ3) is 5.05. The number of halogens is 1. The second-order valence-corrected chi connectivity index (χ2v) is 9.18. The molecule has 2 heterocycles. The third-order valence-electron chi connectivity index (χ3n) is 6.46. The molecule has 0 spiro atoms. The van der Waals surface area contributed by atoms with E-state index in [-0.39, 0.29) is 11.7 Å². The van der Waals surface area contributed by atoms with Gasteiger partial charge in [-0.25, -0.2) is 9.37 Å². The molecule has 1 fully saturated rings. The summed E-state index contributed by atoms with van der Waals surface area (Å²) >= 11 is 0. The van der Waals surface area contributed by atoms with Gasteiger partial charge in [-0.3, -0.25) is 4.90 Å². The minimum atomic E-state index is -0.276. The fourth-order valence-electron chi connectivity index (χ4n) is 4.53. The summed E-state index contributed by atoms with van der Waals surface area (Å²) in [7, 11) is 1.68. The Morgan fingerprint density at radius 3 is 2.41 bits per heavy atom. The Balaban J connectivity index is 1.57. The Kier molecular flexibility index (Phi) is 7.14. The minimum Gasteiger partial charge on any atom is -0.497 e. The summed E-state index contributed by atoms with van der Waals surface area (Å²) in [6.07, 6.45) is 0. The summed E-state index contributed by atoms with van der Waals surface area (Å²) in [5.41, 5.74) is 4.50. The van der Waals surface area contributed by atoms with Crippen LogP contribution in [0.25, 0.3) is 11.1 Å². The number of nitriles is 1. The van der Waals surface area contributed by atoms with Crippen LogP contribution < -0.4 is 9.64 Å². The number of pyridine rings is 1. The van der Waals surface area contributed by atoms with Crippen molar-refractivity contribution in [2.45, 2.75) is 39.3 Å². The summed E-state index contributed by atoms with van der Waals surface area (Å²) in [4.78, 5) is 9.69. The molecule has 4 rings (SSSR count). The topological polar surface area (TPSA) is 52.4 Å². The SMILES string of the molecule is COc1ccc(CN2CCN(c3nc(C(C)C)c(-c4ccc(F)cc4)cc3C#N)CC2C)cc1. The lowest BCUT2D eigenvalue weighted by molar-refractivity contribution is 0.180. The molecule has 1 aromatic heterocycles. The molecule has 1 aliphatic rings. The molecule has 5 nitrogen and oxygen atoms in total. The summed E-state index contributed by atoms with van der Waals surface area (Å²) < 4.78 is 18.7. The molecule has 0 bridgehead atoms. The lowest BCUT2D eigenvalue weighted by Gasteiger charge is -2.41. The summed E-state index contributed by atoms with van der Waals surface area (Å²) in [6, 6.07) is 19.2. The predicted molar refractivity (Wildman–Crippen MR) is 134 cm³/mol. The van der Waals surface area contributed by atoms with Gasteiger partial charge in [0.05, 0.1) is 18.4 Å². The molecular formula is C28H31FN4O. The number of aromatic nitrogens is 1. The molecule has 0 radical (unpaired) electrons. The highest BCUT2D eigenvalue weighted by molar-refractivity contribution is 5.72. The Morgan fingerprint density at radius 2 is 1.82 bits per heavy atom. The Labute approximate surface area is 201 Å². The molecule has 0 N–H and O–H groups in total. The van der Waals surface area contributed by atoms with E-state index in [9.17, 15) is 9.65 Å². The molecule has 0 saturated carbocycles. The fourth-order valence-corrected chi connectivity index (χ4v) is 4.53. The van der Waals surface area contributed by atoms with Gasteiger partial charge in [-0.05, 0) is 54.3 Å². The lowest BCUT2D eigenvalue weighted by atomic mass is 9.95. The van der Waals surface area contributed by atoms with E-state index in [4.69, 9.17) is 9.72 Å². The standard InChI is InChI=1S/C28H31FN4O/c1-19(2)27-26(22-7-9-24(29)10-8-22)15-23(16-30)28(31-27)33-14-13-32(20(3)17-33)18-21-5-11-25(34-4)12-6-21/h5-12,15,19-20H,13-14,17-18H2,1-4H3. The molecule has 1 aliphatic heterocycles. The first-order valence-corrected chi connectivity index (χ1v) is 11.7. The third-order valence-corrected chi connectivity index (χ3v) is 6.46. The van der Waals surface area contributed by atoms with Gasteiger partial charge in [0.1, 0.15) is 23.5 Å². The highest BCUT2D eigenvalue weighted by Gasteiger charge is 2.27. The van der Waals surface area contributed by atoms with Crippen molar-refractivity contribution < 1.29 is 9.13 Å². The van der Waals surface area contributed by atoms with Crippen molar-refractivity contribution in [2.24, 2.45) is 0 Å². The van der Waals surface area contributed by atoms with Crippen molar-refractivity contribution in [1.82, 2.24) is 9.88 Å². The Hall–Kier alpha value is -3.43. The van der Waals surface area contributed by atoms with Gasteiger partial charge >= 0.3 is 0 Å². The normalized spacial score (nSPS) is 16.5. The van der Waals surface area contributed by atoms with Crippen molar-refractivity contribution in [3.8, 4) is 22.9 Å². The van der Waals surface area contributed by atoms with Crippen molar-refractivity contribution in [3.05, 3.63) is 77.2 Å². The zero-order valence-electron chi connectivity index (χ0n) is 20.3. The van der Waals surface area contributed by atoms with Crippen LogP contribution in [-0.4, -0.2) is 42.7 Å². The summed E-state index contributed by atoms with van der Waals surface area (Å²) in [6.45, 7) is 9.77. The van der Waals surface area contributed by atoms with Gasteiger partial charge in [0.25, 0.3) is 0 Å². The van der Waals surface area contributed by atoms with E-state index in [1.165, 1.54) is 17.7 Å². The van der Waals surface area contributed by atoms with E-state index < -0.39 is 0 Å². The van der Waals surface area contributed by atoms with Gasteiger partial charge in [0.2, 0.25) is 0 Å². The molecule has 34 heavy (non-hydrogen) atoms. The number of hydrogen-bond acceptors (Lipinski definition) is 5. The van der Waals surface area contributed by atoms with Crippen LogP contribution in [0, 0.1) is 17.1 Å². The van der Waals surface area contributed by atoms with Gasteiger partial charge in [0.15, 0.2) is 0 Å². The van der Waals surface area contributed by atoms with E-state index in [0.717, 1.165) is 54.6 Å². The lowest BCUT2D eigenvalue weighted by Crippen LogP contribution is -2.52. The van der Waals surface area contributed by atoms with Crippen LogP contribution in [0.2, 0.25) is 0 Å². The maximum absolute atomic E-state index is 13.5. The van der Waals surface area contributed by atoms with Crippen LogP contribution in [0.15, 0.2) is 54.6 Å². The number of nitrogens with zero attached hydrogens (tertiary/aromatic N) is 4. The highest BCUT2D eigenvalue weighted by Crippen LogP contribution is 2.33. The van der Waals surface area contributed by atoms with Crippen molar-refractivity contribution in [1.29, 1.82) is 5.26 Å². The molecule has 2 aromatic carbocycles. The van der Waals surface area contributed by atoms with Crippen LogP contribution in [0.4, 0.5) is 10.2 Å². The molecule has 3 aromatic rings. The molecule has 1 atom stereocenters. The maximum Gasteiger partial charge on any atom is 0.146 e. The monoisotopic (exact) mass is 458 g/mol. The smallest absolute Gasteiger partial charge is 0.146 e. The quantitative estimate of drug-likeness (QED) is 0.481. The van der Waals surface area contributed by atoms with E-state index in [1.807, 2.05) is 18.2 Å². The Morgan fingerprint density at radius 1 is 1.12 bits per heavy atom. The zero-order chi connectivity index (χ0) is 24.2. The largest absolute Gasteiger partial charge is 0.497 e. The second-order valence-electron chi connectivity index (χ2n) is 9.18. The van der Waals surface area contributed by atoms with Crippen molar-refractivity contribution in [3.63, 3.8) is 0 Å². The van der Waals surface area contributed by atoms with Gasteiger partial charge in [-0.1, -0.05) is 38.1 Å². The number of rotatable bonds is 6. The van der Waals surface area contributed by atoms with Gasteiger partial charge in [-0.15, -0.1) is 0 Å². The summed E-state index contributed by atoms with van der Waals surface area (Å²) in [5, 5.41) is 9.95. The van der Waals surface area contributed by atoms with Gasteiger partial charge in [-0.2, -0.15) is 5.26 Å². The number of hydrogen-bond donors (Lipinski definition) is 0. The zero-order valence-corrected chi connectivity index (χ0v) is 20.3. The first kappa shape index (κ1) is 23.7. The van der Waals surface area contributed by atoms with Crippen molar-refractivity contribution in [2.75, 3.05) is 31.6 Å². The highest BCUT2D eigenvalue weighted by atomic mass is 19.1. The number of piperazine rings is 1. The van der Waals surface area contributed by atoms with Crippen LogP contribution >= 0.6 is 0 Å². The van der Waals surface area contributed by atoms with Crippen LogP contribution in [0.3, 0.4) is 0 Å². The maximum atomic E-state index is 13.5. The van der Waals surface area contributed by atoms with Crippen LogP contribution in [0.1, 0.15) is 43.5 Å². The number of methoxy groups -OCH3 is 1. The molecule has 0 amide bonds. The van der Waals surface area contributed by atoms with E-state index in [1.54, 1.807) is 19.2 Å². The van der Waals surface area contributed by atoms with Crippen LogP contribution in [-0.2, 0) is 6.54 Å². The summed E-state index contributed by atoms with van der Waals surface area (Å²) in [5.74, 6) is 1.50. The molecule has 176 valence electrons. The molecule has 0 aliphatic carbocycles. The number of anilines is 1. The van der Waals surface area contributed by atoms with Gasteiger partial charge < -0.3 is 9.64 Å². The van der Waals surface area contributed by atoms with Crippen molar-refractivity contribution >= 4 is 5.82 Å². The van der Waals surface area contributed by atoms with E-state index in [0.29, 0.717) is 11.6 Å².